The summed E-state index contributed by atoms with van der Waals surface area (Å²) in [6.07, 6.45) is 6.17. The molecule has 1 fully saturated rings. The van der Waals surface area contributed by atoms with E-state index in [1.807, 2.05) is 0 Å². The van der Waals surface area contributed by atoms with Gasteiger partial charge in [0.1, 0.15) is 5.52 Å². The number of H-pyrrole nitrogens is 1. The van der Waals surface area contributed by atoms with E-state index in [1.54, 1.807) is 36.0 Å². The molecule has 11 nitrogen and oxygen atoms in total. The second kappa shape index (κ2) is 7.54. The van der Waals surface area contributed by atoms with Gasteiger partial charge in [-0.1, -0.05) is 0 Å². The van der Waals surface area contributed by atoms with Crippen LogP contribution in [0.4, 0.5) is 0 Å². The molecule has 5 rings (SSSR count). The largest absolute Gasteiger partial charge is 0.328 e. The summed E-state index contributed by atoms with van der Waals surface area (Å²) in [6, 6.07) is 5.14. The normalized spacial score (nSPS) is 17.7. The maximum Gasteiger partial charge on any atom is 0.328 e. The van der Waals surface area contributed by atoms with E-state index in [4.69, 9.17) is 0 Å². The van der Waals surface area contributed by atoms with Gasteiger partial charge in [-0.2, -0.15) is 14.7 Å². The van der Waals surface area contributed by atoms with Crippen molar-refractivity contribution in [3.63, 3.8) is 0 Å². The van der Waals surface area contributed by atoms with Gasteiger partial charge >= 0.3 is 5.69 Å². The monoisotopic (exact) mass is 452 g/mol. The minimum atomic E-state index is -3.35. The Hall–Kier alpha value is -3.56. The Morgan fingerprint density at radius 3 is 2.97 bits per heavy atom. The highest BCUT2D eigenvalue weighted by Gasteiger charge is 2.30. The molecule has 4 aromatic rings. The van der Waals surface area contributed by atoms with Crippen LogP contribution in [0.3, 0.4) is 0 Å². The molecule has 0 saturated carbocycles. The van der Waals surface area contributed by atoms with Crippen molar-refractivity contribution in [3.05, 3.63) is 46.8 Å². The number of aromatic nitrogens is 6. The van der Waals surface area contributed by atoms with Crippen molar-refractivity contribution in [1.29, 1.82) is 5.26 Å². The summed E-state index contributed by atoms with van der Waals surface area (Å²) in [5.41, 5.74) is 2.32. The van der Waals surface area contributed by atoms with Gasteiger partial charge in [0.15, 0.2) is 11.5 Å². The van der Waals surface area contributed by atoms with Crippen LogP contribution in [0.25, 0.3) is 28.1 Å². The fourth-order valence-corrected chi connectivity index (χ4v) is 5.35. The Labute approximate surface area is 183 Å². The number of nitrogens with zero attached hydrogens (tertiary/aromatic N) is 7. The predicted molar refractivity (Wildman–Crippen MR) is 116 cm³/mol. The number of rotatable bonds is 4. The average molecular weight is 453 g/mol. The van der Waals surface area contributed by atoms with E-state index in [9.17, 15) is 18.5 Å². The molecule has 0 aromatic carbocycles. The van der Waals surface area contributed by atoms with Crippen LogP contribution in [0.15, 0.2) is 35.5 Å². The first-order valence-electron chi connectivity index (χ1n) is 10.2. The van der Waals surface area contributed by atoms with E-state index in [-0.39, 0.29) is 24.0 Å². The highest BCUT2D eigenvalue weighted by Crippen LogP contribution is 2.27. The Morgan fingerprint density at radius 2 is 2.19 bits per heavy atom. The average Bonchev–Trinajstić information content (AvgIpc) is 3.38. The summed E-state index contributed by atoms with van der Waals surface area (Å²) >= 11 is 0. The molecule has 1 aliphatic heterocycles. The van der Waals surface area contributed by atoms with Gasteiger partial charge < -0.3 is 4.98 Å². The van der Waals surface area contributed by atoms with Crippen molar-refractivity contribution in [3.8, 4) is 17.5 Å². The maximum absolute atomic E-state index is 12.8. The first-order valence-corrected chi connectivity index (χ1v) is 11.8. The van der Waals surface area contributed by atoms with E-state index in [2.05, 4.69) is 26.1 Å². The summed E-state index contributed by atoms with van der Waals surface area (Å²) in [5.74, 6) is 0.387. The Kier molecular flexibility index (Phi) is 4.79. The van der Waals surface area contributed by atoms with E-state index in [0.29, 0.717) is 53.0 Å². The van der Waals surface area contributed by atoms with Crippen LogP contribution in [0.2, 0.25) is 0 Å². The van der Waals surface area contributed by atoms with Crippen LogP contribution in [0.5, 0.6) is 0 Å². The third kappa shape index (κ3) is 3.26. The molecule has 1 N–H and O–H groups in total. The van der Waals surface area contributed by atoms with Gasteiger partial charge in [-0.05, 0) is 31.9 Å². The quantitative estimate of drug-likeness (QED) is 0.492. The zero-order valence-electron chi connectivity index (χ0n) is 17.3. The highest BCUT2D eigenvalue weighted by molar-refractivity contribution is 7.89. The first kappa shape index (κ1) is 20.3. The number of nitriles is 1. The molecule has 5 heterocycles. The van der Waals surface area contributed by atoms with Gasteiger partial charge in [0.2, 0.25) is 10.0 Å². The summed E-state index contributed by atoms with van der Waals surface area (Å²) in [6.45, 7) is 2.29. The molecule has 4 aromatic heterocycles. The minimum absolute atomic E-state index is 0.0221. The number of piperidine rings is 1. The summed E-state index contributed by atoms with van der Waals surface area (Å²) < 4.78 is 29.4. The fraction of sp³-hybridized carbons (Fsp3) is 0.350. The van der Waals surface area contributed by atoms with Crippen LogP contribution < -0.4 is 5.69 Å². The van der Waals surface area contributed by atoms with Crippen LogP contribution in [0, 0.1) is 11.3 Å². The molecule has 0 radical (unpaired) electrons. The number of nitrogens with one attached hydrogen (secondary N) is 1. The molecule has 0 spiro atoms. The van der Waals surface area contributed by atoms with E-state index in [0.717, 1.165) is 0 Å². The minimum Gasteiger partial charge on any atom is -0.303 e. The molecule has 0 unspecified atom stereocenters. The van der Waals surface area contributed by atoms with Gasteiger partial charge in [0, 0.05) is 19.3 Å². The second-order valence-electron chi connectivity index (χ2n) is 7.70. The van der Waals surface area contributed by atoms with Crippen molar-refractivity contribution in [2.24, 2.45) is 0 Å². The van der Waals surface area contributed by atoms with Gasteiger partial charge in [-0.3, -0.25) is 4.57 Å². The lowest BCUT2D eigenvalue weighted by Gasteiger charge is -2.32. The molecule has 164 valence electrons. The Bertz CT molecular complexity index is 1540. The summed E-state index contributed by atoms with van der Waals surface area (Å²) in [7, 11) is -3.35. The predicted octanol–water partition coefficient (Wildman–Crippen LogP) is 1.29. The van der Waals surface area contributed by atoms with Crippen LogP contribution in [-0.4, -0.2) is 60.7 Å². The number of hydrogen-bond donors (Lipinski definition) is 1. The van der Waals surface area contributed by atoms with Crippen LogP contribution >= 0.6 is 0 Å². The number of pyridine rings is 1. The molecule has 0 bridgehead atoms. The van der Waals surface area contributed by atoms with Gasteiger partial charge in [-0.25, -0.2) is 27.7 Å². The number of imidazole rings is 1. The SMILES string of the molecule is CCS(=O)(=O)N1CCC[C@H](n2c(=O)[nH]c3cnc(-c4cnn5ccc(C#N)cc45)nc32)C1. The fourth-order valence-electron chi connectivity index (χ4n) is 4.17. The third-order valence-electron chi connectivity index (χ3n) is 5.83. The number of hydrogen-bond acceptors (Lipinski definition) is 7. The van der Waals surface area contributed by atoms with Gasteiger partial charge in [0.05, 0.1) is 46.9 Å². The van der Waals surface area contributed by atoms with E-state index in [1.165, 1.54) is 15.1 Å². The zero-order valence-corrected chi connectivity index (χ0v) is 18.1. The topological polar surface area (TPSA) is 142 Å². The molecule has 1 atom stereocenters. The van der Waals surface area contributed by atoms with Crippen molar-refractivity contribution >= 4 is 26.7 Å². The molecule has 32 heavy (non-hydrogen) atoms. The van der Waals surface area contributed by atoms with Crippen molar-refractivity contribution < 1.29 is 8.42 Å². The van der Waals surface area contributed by atoms with Crippen LogP contribution in [0.1, 0.15) is 31.4 Å². The molecule has 1 saturated heterocycles. The molecule has 0 aliphatic carbocycles. The number of fused-ring (bicyclic) bond motifs is 2. The Balaban J connectivity index is 1.61. The second-order valence-corrected chi connectivity index (χ2v) is 9.96. The lowest BCUT2D eigenvalue weighted by Crippen LogP contribution is -2.43. The van der Waals surface area contributed by atoms with Crippen LogP contribution in [-0.2, 0) is 10.0 Å². The molecule has 0 amide bonds. The maximum atomic E-state index is 12.8. The van der Waals surface area contributed by atoms with Crippen molar-refractivity contribution in [1.82, 2.24) is 33.4 Å². The summed E-state index contributed by atoms with van der Waals surface area (Å²) in [4.78, 5) is 24.6. The molecular weight excluding hydrogens is 432 g/mol. The highest BCUT2D eigenvalue weighted by atomic mass is 32.2. The lowest BCUT2D eigenvalue weighted by atomic mass is 10.1. The lowest BCUT2D eigenvalue weighted by molar-refractivity contribution is 0.267. The third-order valence-corrected chi connectivity index (χ3v) is 7.68. The van der Waals surface area contributed by atoms with E-state index < -0.39 is 10.0 Å². The van der Waals surface area contributed by atoms with Gasteiger partial charge in [0.25, 0.3) is 0 Å². The molecule has 12 heteroatoms. The number of sulfonamides is 1. The standard InChI is InChI=1S/C20H20N8O3S/c1-2-32(30,31)26-6-3-4-14(12-26)28-19-16(24-20(28)29)11-22-18(25-19)15-10-23-27-7-5-13(9-21)8-17(15)27/h5,7-8,10-11,14H,2-4,6,12H2,1H3,(H,24,29)/t14-/m0/s1. The number of aromatic amines is 1. The summed E-state index contributed by atoms with van der Waals surface area (Å²) in [5, 5.41) is 13.5. The van der Waals surface area contributed by atoms with Gasteiger partial charge in [-0.15, -0.1) is 0 Å². The van der Waals surface area contributed by atoms with Crippen molar-refractivity contribution in [2.75, 3.05) is 18.8 Å². The van der Waals surface area contributed by atoms with Crippen molar-refractivity contribution in [2.45, 2.75) is 25.8 Å². The smallest absolute Gasteiger partial charge is 0.303 e. The van der Waals surface area contributed by atoms with E-state index >= 15 is 0 Å². The first-order chi connectivity index (χ1) is 15.4. The molecule has 1 aliphatic rings. The zero-order chi connectivity index (χ0) is 22.5. The Morgan fingerprint density at radius 1 is 1.34 bits per heavy atom. The molecular formula is C20H20N8O3S.